The maximum absolute atomic E-state index is 13.1. The Balaban J connectivity index is 1.92. The lowest BCUT2D eigenvalue weighted by molar-refractivity contribution is 0.102. The molecule has 0 spiro atoms. The van der Waals surface area contributed by atoms with Gasteiger partial charge in [-0.2, -0.15) is 4.31 Å². The molecule has 28 heavy (non-hydrogen) atoms. The summed E-state index contributed by atoms with van der Waals surface area (Å²) in [5.74, 6) is -0.261. The summed E-state index contributed by atoms with van der Waals surface area (Å²) in [7, 11) is -2.32. The number of nitrogens with zero attached hydrogens (tertiary/aromatic N) is 1. The van der Waals surface area contributed by atoms with E-state index in [-0.39, 0.29) is 26.3 Å². The Morgan fingerprint density at radius 2 is 1.82 bits per heavy atom. The van der Waals surface area contributed by atoms with Gasteiger partial charge in [-0.15, -0.1) is 0 Å². The lowest BCUT2D eigenvalue weighted by Crippen LogP contribution is -2.35. The Hall–Kier alpha value is -1.80. The predicted molar refractivity (Wildman–Crippen MR) is 110 cm³/mol. The molecule has 0 unspecified atom stereocenters. The standard InChI is InChI=1S/C19H20Cl2N2O4S/c1-27-16-9-8-13(22-19(24)14-6-5-7-15(20)18(14)21)12-17(16)28(25,26)23-10-3-2-4-11-23/h5-9,12H,2-4,10-11H2,1H3,(H,22,24). The fraction of sp³-hybridized carbons (Fsp3) is 0.316. The van der Waals surface area contributed by atoms with E-state index in [0.717, 1.165) is 19.3 Å². The summed E-state index contributed by atoms with van der Waals surface area (Å²) in [6.45, 7) is 0.945. The average molecular weight is 443 g/mol. The van der Waals surface area contributed by atoms with E-state index in [4.69, 9.17) is 27.9 Å². The molecule has 0 radical (unpaired) electrons. The maximum Gasteiger partial charge on any atom is 0.257 e. The van der Waals surface area contributed by atoms with Gasteiger partial charge in [-0.3, -0.25) is 4.79 Å². The zero-order valence-corrected chi connectivity index (χ0v) is 17.6. The molecule has 1 amide bonds. The second-order valence-electron chi connectivity index (χ2n) is 6.39. The molecule has 6 nitrogen and oxygen atoms in total. The first-order valence-electron chi connectivity index (χ1n) is 8.78. The van der Waals surface area contributed by atoms with Crippen LogP contribution in [0.5, 0.6) is 5.75 Å². The molecule has 1 aliphatic rings. The molecule has 9 heteroatoms. The summed E-state index contributed by atoms with van der Waals surface area (Å²) in [6.07, 6.45) is 2.66. The quantitative estimate of drug-likeness (QED) is 0.742. The van der Waals surface area contributed by atoms with Gasteiger partial charge in [0.2, 0.25) is 10.0 Å². The third-order valence-electron chi connectivity index (χ3n) is 4.55. The lowest BCUT2D eigenvalue weighted by atomic mass is 10.2. The van der Waals surface area contributed by atoms with Gasteiger partial charge in [0.1, 0.15) is 10.6 Å². The number of piperidine rings is 1. The number of hydrogen-bond donors (Lipinski definition) is 1. The number of anilines is 1. The van der Waals surface area contributed by atoms with Crippen molar-refractivity contribution < 1.29 is 17.9 Å². The van der Waals surface area contributed by atoms with Crippen molar-refractivity contribution in [3.05, 3.63) is 52.0 Å². The highest BCUT2D eigenvalue weighted by Crippen LogP contribution is 2.32. The van der Waals surface area contributed by atoms with Gasteiger partial charge < -0.3 is 10.1 Å². The number of hydrogen-bond acceptors (Lipinski definition) is 4. The molecule has 0 aliphatic carbocycles. The van der Waals surface area contributed by atoms with Crippen LogP contribution in [0.4, 0.5) is 5.69 Å². The number of carbonyl (C=O) groups is 1. The minimum Gasteiger partial charge on any atom is -0.495 e. The fourth-order valence-corrected chi connectivity index (χ4v) is 5.16. The second kappa shape index (κ2) is 8.69. The smallest absolute Gasteiger partial charge is 0.257 e. The minimum atomic E-state index is -3.73. The Labute approximate surface area is 174 Å². The van der Waals surface area contributed by atoms with Crippen molar-refractivity contribution >= 4 is 44.8 Å². The Morgan fingerprint density at radius 3 is 2.50 bits per heavy atom. The molecule has 2 aromatic carbocycles. The summed E-state index contributed by atoms with van der Waals surface area (Å²) in [5, 5.41) is 3.07. The molecule has 1 saturated heterocycles. The molecule has 3 rings (SSSR count). The lowest BCUT2D eigenvalue weighted by Gasteiger charge is -2.26. The van der Waals surface area contributed by atoms with Crippen molar-refractivity contribution in [2.75, 3.05) is 25.5 Å². The number of amides is 1. The summed E-state index contributed by atoms with van der Waals surface area (Å²) < 4.78 is 32.8. The van der Waals surface area contributed by atoms with Crippen LogP contribution in [-0.2, 0) is 10.0 Å². The van der Waals surface area contributed by atoms with Gasteiger partial charge in [-0.05, 0) is 43.2 Å². The van der Waals surface area contributed by atoms with E-state index in [1.807, 2.05) is 0 Å². The molecule has 1 aliphatic heterocycles. The molecule has 2 aromatic rings. The van der Waals surface area contributed by atoms with Crippen LogP contribution in [0.25, 0.3) is 0 Å². The van der Waals surface area contributed by atoms with Crippen molar-refractivity contribution in [3.8, 4) is 5.75 Å². The Bertz CT molecular complexity index is 989. The molecule has 1 heterocycles. The summed E-state index contributed by atoms with van der Waals surface area (Å²) in [6, 6.07) is 9.23. The van der Waals surface area contributed by atoms with E-state index in [0.29, 0.717) is 18.8 Å². The van der Waals surface area contributed by atoms with Gasteiger partial charge in [0.15, 0.2) is 0 Å². The van der Waals surface area contributed by atoms with E-state index < -0.39 is 15.9 Å². The number of benzene rings is 2. The average Bonchev–Trinajstić information content (AvgIpc) is 2.70. The van der Waals surface area contributed by atoms with E-state index in [1.54, 1.807) is 24.3 Å². The fourth-order valence-electron chi connectivity index (χ4n) is 3.08. The predicted octanol–water partition coefficient (Wildman–Crippen LogP) is 4.43. The molecular formula is C19H20Cl2N2O4S. The maximum atomic E-state index is 13.1. The van der Waals surface area contributed by atoms with Gasteiger partial charge in [0.25, 0.3) is 5.91 Å². The van der Waals surface area contributed by atoms with Crippen LogP contribution in [0.1, 0.15) is 29.6 Å². The molecular weight excluding hydrogens is 423 g/mol. The van der Waals surface area contributed by atoms with Crippen LogP contribution in [-0.4, -0.2) is 38.8 Å². The molecule has 0 atom stereocenters. The first kappa shape index (κ1) is 20.9. The van der Waals surface area contributed by atoms with Crippen molar-refractivity contribution in [2.24, 2.45) is 0 Å². The number of halogens is 2. The van der Waals surface area contributed by atoms with Crippen molar-refractivity contribution in [1.82, 2.24) is 4.31 Å². The highest BCUT2D eigenvalue weighted by Gasteiger charge is 2.29. The van der Waals surface area contributed by atoms with E-state index in [2.05, 4.69) is 5.32 Å². The number of rotatable bonds is 5. The zero-order chi connectivity index (χ0) is 20.3. The number of nitrogens with one attached hydrogen (secondary N) is 1. The summed E-state index contributed by atoms with van der Waals surface area (Å²) >= 11 is 12.1. The highest BCUT2D eigenvalue weighted by molar-refractivity contribution is 7.89. The summed E-state index contributed by atoms with van der Waals surface area (Å²) in [5.41, 5.74) is 0.517. The van der Waals surface area contributed by atoms with Gasteiger partial charge in [-0.25, -0.2) is 8.42 Å². The van der Waals surface area contributed by atoms with Crippen molar-refractivity contribution in [1.29, 1.82) is 0 Å². The van der Waals surface area contributed by atoms with Crippen LogP contribution >= 0.6 is 23.2 Å². The van der Waals surface area contributed by atoms with Crippen LogP contribution in [0.3, 0.4) is 0 Å². The number of ether oxygens (including phenoxy) is 1. The Morgan fingerprint density at radius 1 is 1.11 bits per heavy atom. The zero-order valence-electron chi connectivity index (χ0n) is 15.2. The monoisotopic (exact) mass is 442 g/mol. The largest absolute Gasteiger partial charge is 0.495 e. The molecule has 150 valence electrons. The van der Waals surface area contributed by atoms with Crippen LogP contribution in [0, 0.1) is 0 Å². The Kier molecular flexibility index (Phi) is 6.50. The van der Waals surface area contributed by atoms with Gasteiger partial charge >= 0.3 is 0 Å². The van der Waals surface area contributed by atoms with Gasteiger partial charge in [-0.1, -0.05) is 35.7 Å². The molecule has 0 saturated carbocycles. The highest BCUT2D eigenvalue weighted by atomic mass is 35.5. The molecule has 0 aromatic heterocycles. The summed E-state index contributed by atoms with van der Waals surface area (Å²) in [4.78, 5) is 12.6. The minimum absolute atomic E-state index is 0.0203. The SMILES string of the molecule is COc1ccc(NC(=O)c2cccc(Cl)c2Cl)cc1S(=O)(=O)N1CCCCC1. The van der Waals surface area contributed by atoms with Crippen LogP contribution in [0.2, 0.25) is 10.0 Å². The van der Waals surface area contributed by atoms with Gasteiger partial charge in [0.05, 0.1) is 22.7 Å². The normalized spacial score (nSPS) is 15.2. The molecule has 1 fully saturated rings. The third kappa shape index (κ3) is 4.27. The number of carbonyl (C=O) groups excluding carboxylic acids is 1. The van der Waals surface area contributed by atoms with Crippen LogP contribution < -0.4 is 10.1 Å². The number of sulfonamides is 1. The van der Waals surface area contributed by atoms with Crippen molar-refractivity contribution in [3.63, 3.8) is 0 Å². The van der Waals surface area contributed by atoms with Crippen molar-refractivity contribution in [2.45, 2.75) is 24.2 Å². The van der Waals surface area contributed by atoms with E-state index in [9.17, 15) is 13.2 Å². The third-order valence-corrected chi connectivity index (χ3v) is 7.29. The second-order valence-corrected chi connectivity index (χ2v) is 9.08. The van der Waals surface area contributed by atoms with Gasteiger partial charge in [0, 0.05) is 18.8 Å². The first-order valence-corrected chi connectivity index (χ1v) is 11.0. The topological polar surface area (TPSA) is 75.7 Å². The first-order chi connectivity index (χ1) is 13.3. The number of methoxy groups -OCH3 is 1. The van der Waals surface area contributed by atoms with Crippen LogP contribution in [0.15, 0.2) is 41.3 Å². The molecule has 0 bridgehead atoms. The molecule has 1 N–H and O–H groups in total. The van der Waals surface area contributed by atoms with E-state index >= 15 is 0 Å². The van der Waals surface area contributed by atoms with E-state index in [1.165, 1.54) is 23.5 Å².